The highest BCUT2D eigenvalue weighted by atomic mass is 35.5. The summed E-state index contributed by atoms with van der Waals surface area (Å²) in [6.07, 6.45) is 0.686. The number of ether oxygens (including phenoxy) is 1. The molecular formula is C16H21ClN4O3S. The van der Waals surface area contributed by atoms with Crippen molar-refractivity contribution in [3.63, 3.8) is 0 Å². The largest absolute Gasteiger partial charge is 0.385 e. The molecular weight excluding hydrogens is 364 g/mol. The molecule has 2 aromatic rings. The third kappa shape index (κ3) is 5.35. The van der Waals surface area contributed by atoms with Gasteiger partial charge in [0, 0.05) is 31.0 Å². The molecule has 1 atom stereocenters. The molecule has 0 fully saturated rings. The fraction of sp³-hybridized carbons (Fsp3) is 0.438. The second-order valence-electron chi connectivity index (χ2n) is 5.52. The van der Waals surface area contributed by atoms with Crippen LogP contribution in [-0.2, 0) is 16.1 Å². The molecule has 2 N–H and O–H groups in total. The van der Waals surface area contributed by atoms with Crippen LogP contribution in [0.2, 0.25) is 5.02 Å². The molecule has 0 aliphatic carbocycles. The Bertz CT molecular complexity index is 790. The van der Waals surface area contributed by atoms with Gasteiger partial charge in [0.2, 0.25) is 5.91 Å². The Hall–Kier alpha value is -1.77. The number of amides is 1. The van der Waals surface area contributed by atoms with Gasteiger partial charge in [-0.15, -0.1) is 5.10 Å². The zero-order chi connectivity index (χ0) is 18.4. The van der Waals surface area contributed by atoms with Gasteiger partial charge in [-0.2, -0.15) is 0 Å². The van der Waals surface area contributed by atoms with E-state index in [1.165, 1.54) is 16.3 Å². The lowest BCUT2D eigenvalue weighted by Crippen LogP contribution is -2.24. The third-order valence-corrected chi connectivity index (χ3v) is 4.89. The monoisotopic (exact) mass is 384 g/mol. The number of aromatic nitrogens is 3. The maximum absolute atomic E-state index is 12.4. The van der Waals surface area contributed by atoms with Gasteiger partial charge in [0.1, 0.15) is 0 Å². The van der Waals surface area contributed by atoms with Gasteiger partial charge in [-0.1, -0.05) is 29.4 Å². The number of methoxy groups -OCH3 is 1. The number of anilines is 1. The van der Waals surface area contributed by atoms with Crippen molar-refractivity contribution in [1.29, 1.82) is 0 Å². The molecule has 0 unspecified atom stereocenters. The van der Waals surface area contributed by atoms with Gasteiger partial charge >= 0.3 is 5.69 Å². The molecule has 0 aliphatic heterocycles. The van der Waals surface area contributed by atoms with Gasteiger partial charge < -0.3 is 10.1 Å². The van der Waals surface area contributed by atoms with E-state index in [1.54, 1.807) is 26.2 Å². The average Bonchev–Trinajstić information content (AvgIpc) is 2.91. The highest BCUT2D eigenvalue weighted by molar-refractivity contribution is 8.00. The standard InChI is InChI=1S/C16H21ClN4O3S/c1-10-5-6-12(17)9-13(10)18-14(22)11(2)25-16-20-19-15(23)21(16)7-4-8-24-3/h5-6,9,11H,4,7-8H2,1-3H3,(H,18,22)(H,19,23)/t11-/m1/s1. The molecule has 136 valence electrons. The number of carbonyl (C=O) groups is 1. The molecule has 0 saturated heterocycles. The number of hydrogen-bond acceptors (Lipinski definition) is 5. The van der Waals surface area contributed by atoms with Gasteiger partial charge in [-0.05, 0) is 38.0 Å². The molecule has 25 heavy (non-hydrogen) atoms. The fourth-order valence-electron chi connectivity index (χ4n) is 2.13. The zero-order valence-corrected chi connectivity index (χ0v) is 15.9. The summed E-state index contributed by atoms with van der Waals surface area (Å²) in [6, 6.07) is 5.32. The summed E-state index contributed by atoms with van der Waals surface area (Å²) in [5, 5.41) is 9.88. The Morgan fingerprint density at radius 1 is 1.52 bits per heavy atom. The molecule has 0 spiro atoms. The Morgan fingerprint density at radius 3 is 3.00 bits per heavy atom. The summed E-state index contributed by atoms with van der Waals surface area (Å²) in [6.45, 7) is 4.68. The fourth-order valence-corrected chi connectivity index (χ4v) is 3.19. The smallest absolute Gasteiger partial charge is 0.343 e. The number of halogens is 1. The van der Waals surface area contributed by atoms with Crippen molar-refractivity contribution < 1.29 is 9.53 Å². The van der Waals surface area contributed by atoms with E-state index in [1.807, 2.05) is 13.0 Å². The Balaban J connectivity index is 2.04. The first kappa shape index (κ1) is 19.6. The molecule has 0 aliphatic rings. The average molecular weight is 385 g/mol. The van der Waals surface area contributed by atoms with Gasteiger partial charge in [-0.25, -0.2) is 9.89 Å². The molecule has 7 nitrogen and oxygen atoms in total. The van der Waals surface area contributed by atoms with E-state index < -0.39 is 5.25 Å². The number of rotatable bonds is 8. The molecule has 2 rings (SSSR count). The molecule has 1 aromatic carbocycles. The Morgan fingerprint density at radius 2 is 2.28 bits per heavy atom. The van der Waals surface area contributed by atoms with Crippen LogP contribution in [-0.4, -0.2) is 39.6 Å². The summed E-state index contributed by atoms with van der Waals surface area (Å²) >= 11 is 7.20. The Kier molecular flexibility index (Phi) is 7.10. The van der Waals surface area contributed by atoms with Crippen LogP contribution in [0.25, 0.3) is 0 Å². The lowest BCUT2D eigenvalue weighted by Gasteiger charge is -2.13. The van der Waals surface area contributed by atoms with Gasteiger partial charge in [-0.3, -0.25) is 9.36 Å². The number of hydrogen-bond donors (Lipinski definition) is 2. The minimum absolute atomic E-state index is 0.186. The van der Waals surface area contributed by atoms with Crippen molar-refractivity contribution in [3.05, 3.63) is 39.3 Å². The van der Waals surface area contributed by atoms with Gasteiger partial charge in [0.15, 0.2) is 5.16 Å². The van der Waals surface area contributed by atoms with E-state index >= 15 is 0 Å². The molecule has 1 amide bonds. The number of benzene rings is 1. The van der Waals surface area contributed by atoms with Crippen molar-refractivity contribution >= 4 is 35.0 Å². The van der Waals surface area contributed by atoms with Crippen LogP contribution in [0.5, 0.6) is 0 Å². The number of thioether (sulfide) groups is 1. The topological polar surface area (TPSA) is 89.0 Å². The van der Waals surface area contributed by atoms with Crippen molar-refractivity contribution in [2.24, 2.45) is 0 Å². The van der Waals surface area contributed by atoms with Gasteiger partial charge in [0.05, 0.1) is 5.25 Å². The number of nitrogens with one attached hydrogen (secondary N) is 2. The van der Waals surface area contributed by atoms with E-state index in [0.29, 0.717) is 35.4 Å². The molecule has 9 heteroatoms. The summed E-state index contributed by atoms with van der Waals surface area (Å²) in [7, 11) is 1.61. The van der Waals surface area contributed by atoms with Crippen LogP contribution in [0.3, 0.4) is 0 Å². The SMILES string of the molecule is COCCCn1c(S[C@H](C)C(=O)Nc2cc(Cl)ccc2C)n[nH]c1=O. The van der Waals surface area contributed by atoms with Crippen molar-refractivity contribution in [2.45, 2.75) is 37.2 Å². The van der Waals surface area contributed by atoms with Crippen molar-refractivity contribution in [2.75, 3.05) is 19.0 Å². The van der Waals surface area contributed by atoms with E-state index in [4.69, 9.17) is 16.3 Å². The maximum Gasteiger partial charge on any atom is 0.343 e. The van der Waals surface area contributed by atoms with E-state index in [-0.39, 0.29) is 11.6 Å². The summed E-state index contributed by atoms with van der Waals surface area (Å²) in [5.74, 6) is -0.186. The highest BCUT2D eigenvalue weighted by Gasteiger charge is 2.19. The lowest BCUT2D eigenvalue weighted by atomic mass is 10.2. The van der Waals surface area contributed by atoms with Crippen molar-refractivity contribution in [1.82, 2.24) is 14.8 Å². The number of nitrogens with zero attached hydrogens (tertiary/aromatic N) is 2. The van der Waals surface area contributed by atoms with E-state index in [2.05, 4.69) is 15.5 Å². The number of aromatic amines is 1. The quantitative estimate of drug-likeness (QED) is 0.539. The predicted octanol–water partition coefficient (Wildman–Crippen LogP) is 2.69. The minimum atomic E-state index is -0.435. The second kappa shape index (κ2) is 9.07. The normalized spacial score (nSPS) is 12.2. The molecule has 0 saturated carbocycles. The van der Waals surface area contributed by atoms with Crippen LogP contribution < -0.4 is 11.0 Å². The third-order valence-electron chi connectivity index (χ3n) is 3.56. The van der Waals surface area contributed by atoms with E-state index in [9.17, 15) is 9.59 Å². The lowest BCUT2D eigenvalue weighted by molar-refractivity contribution is -0.115. The van der Waals surface area contributed by atoms with Crippen LogP contribution in [0, 0.1) is 6.92 Å². The molecule has 1 heterocycles. The zero-order valence-electron chi connectivity index (χ0n) is 14.3. The molecule has 1 aromatic heterocycles. The summed E-state index contributed by atoms with van der Waals surface area (Å²) in [4.78, 5) is 24.3. The first-order valence-electron chi connectivity index (χ1n) is 7.80. The van der Waals surface area contributed by atoms with Crippen LogP contribution in [0.4, 0.5) is 5.69 Å². The molecule has 0 radical (unpaired) electrons. The van der Waals surface area contributed by atoms with Crippen molar-refractivity contribution in [3.8, 4) is 0 Å². The minimum Gasteiger partial charge on any atom is -0.385 e. The van der Waals surface area contributed by atoms with Crippen LogP contribution in [0.1, 0.15) is 18.9 Å². The Labute approximate surface area is 155 Å². The summed E-state index contributed by atoms with van der Waals surface area (Å²) < 4.78 is 6.51. The highest BCUT2D eigenvalue weighted by Crippen LogP contribution is 2.24. The first-order valence-corrected chi connectivity index (χ1v) is 9.06. The van der Waals surface area contributed by atoms with E-state index in [0.717, 1.165) is 5.56 Å². The predicted molar refractivity (Wildman–Crippen MR) is 99.5 cm³/mol. The molecule has 0 bridgehead atoms. The van der Waals surface area contributed by atoms with Gasteiger partial charge in [0.25, 0.3) is 0 Å². The maximum atomic E-state index is 12.4. The number of carbonyl (C=O) groups excluding carboxylic acids is 1. The number of aryl methyl sites for hydroxylation is 1. The summed E-state index contributed by atoms with van der Waals surface area (Å²) in [5.41, 5.74) is 1.30. The van der Waals surface area contributed by atoms with Crippen LogP contribution in [0.15, 0.2) is 28.2 Å². The van der Waals surface area contributed by atoms with Crippen LogP contribution >= 0.6 is 23.4 Å². The number of H-pyrrole nitrogens is 1. The second-order valence-corrected chi connectivity index (χ2v) is 7.26. The first-order chi connectivity index (χ1) is 11.9.